The van der Waals surface area contributed by atoms with Crippen LogP contribution in [0.1, 0.15) is 20.8 Å². The Kier molecular flexibility index (Phi) is 2.64. The highest BCUT2D eigenvalue weighted by Crippen LogP contribution is 2.29. The number of carboxylic acid groups (broad SMARTS) is 1. The molecule has 2 heterocycles. The first-order valence-electron chi connectivity index (χ1n) is 4.46. The van der Waals surface area contributed by atoms with Crippen molar-refractivity contribution in [2.24, 2.45) is 0 Å². The van der Waals surface area contributed by atoms with Gasteiger partial charge in [-0.1, -0.05) is 0 Å². The van der Waals surface area contributed by atoms with E-state index in [0.717, 1.165) is 11.1 Å². The number of aromatic carboxylic acids is 1. The maximum atomic E-state index is 10.8. The molecule has 0 bridgehead atoms. The first-order chi connectivity index (χ1) is 7.20. The van der Waals surface area contributed by atoms with Crippen LogP contribution in [0, 0.1) is 6.92 Å². The minimum atomic E-state index is -0.902. The summed E-state index contributed by atoms with van der Waals surface area (Å²) in [5.41, 5.74) is 1.53. The van der Waals surface area contributed by atoms with Crippen LogP contribution >= 0.6 is 11.3 Å². The molecule has 0 saturated heterocycles. The van der Waals surface area contributed by atoms with Crippen molar-refractivity contribution in [3.8, 4) is 0 Å². The molecule has 0 amide bonds. The molecule has 80 valence electrons. The van der Waals surface area contributed by atoms with E-state index in [2.05, 4.69) is 0 Å². The number of thiophene rings is 1. The van der Waals surface area contributed by atoms with E-state index < -0.39 is 5.97 Å². The molecule has 0 aromatic carbocycles. The molecule has 5 heteroatoms. The molecule has 1 N–H and O–H groups in total. The quantitative estimate of drug-likeness (QED) is 0.839. The Bertz CT molecular complexity index is 419. The monoisotopic (exact) mass is 226 g/mol. The number of carboxylic acids is 1. The Hall–Kier alpha value is -1.49. The van der Waals surface area contributed by atoms with Crippen LogP contribution in [0.15, 0.2) is 11.6 Å². The second kappa shape index (κ2) is 3.94. The fraction of sp³-hybridized carbons (Fsp3) is 0.300. The van der Waals surface area contributed by atoms with Crippen LogP contribution in [0.5, 0.6) is 0 Å². The average molecular weight is 226 g/mol. The first-order valence-corrected chi connectivity index (χ1v) is 5.34. The Labute approximate surface area is 90.7 Å². The highest BCUT2D eigenvalue weighted by molar-refractivity contribution is 7.12. The van der Waals surface area contributed by atoms with Gasteiger partial charge in [-0.3, -0.25) is 0 Å². The largest absolute Gasteiger partial charge is 0.494 e. The van der Waals surface area contributed by atoms with Gasteiger partial charge in [-0.05, 0) is 12.5 Å². The number of carbonyl (C=O) groups is 1. The summed E-state index contributed by atoms with van der Waals surface area (Å²) in [6.07, 6.45) is 1.53. The summed E-state index contributed by atoms with van der Waals surface area (Å²) in [6.45, 7) is 2.82. The summed E-state index contributed by atoms with van der Waals surface area (Å²) in [5, 5.41) is 10.7. The molecular weight excluding hydrogens is 216 g/mol. The molecule has 1 aliphatic heterocycles. The maximum absolute atomic E-state index is 10.8. The molecule has 0 atom stereocenters. The van der Waals surface area contributed by atoms with E-state index in [1.807, 2.05) is 0 Å². The van der Waals surface area contributed by atoms with Gasteiger partial charge >= 0.3 is 5.97 Å². The van der Waals surface area contributed by atoms with Crippen LogP contribution in [0.3, 0.4) is 0 Å². The second-order valence-electron chi connectivity index (χ2n) is 3.11. The number of rotatable bonds is 2. The molecule has 1 aliphatic rings. The van der Waals surface area contributed by atoms with Gasteiger partial charge in [-0.25, -0.2) is 4.79 Å². The third-order valence-electron chi connectivity index (χ3n) is 2.15. The van der Waals surface area contributed by atoms with E-state index in [1.54, 1.807) is 12.3 Å². The highest BCUT2D eigenvalue weighted by atomic mass is 32.1. The molecule has 0 radical (unpaired) electrons. The third-order valence-corrected chi connectivity index (χ3v) is 3.22. The maximum Gasteiger partial charge on any atom is 0.346 e. The van der Waals surface area contributed by atoms with Crippen LogP contribution in [0.4, 0.5) is 0 Å². The minimum Gasteiger partial charge on any atom is -0.494 e. The lowest BCUT2D eigenvalue weighted by molar-refractivity contribution is 0.0701. The predicted molar refractivity (Wildman–Crippen MR) is 55.9 cm³/mol. The van der Waals surface area contributed by atoms with Crippen LogP contribution in [-0.2, 0) is 9.47 Å². The van der Waals surface area contributed by atoms with Crippen molar-refractivity contribution in [3.05, 3.63) is 27.6 Å². The number of hydrogen-bond donors (Lipinski definition) is 1. The van der Waals surface area contributed by atoms with Gasteiger partial charge < -0.3 is 14.6 Å². The van der Waals surface area contributed by atoms with Gasteiger partial charge in [0.25, 0.3) is 0 Å². The zero-order valence-corrected chi connectivity index (χ0v) is 8.97. The number of hydrogen-bond acceptors (Lipinski definition) is 4. The summed E-state index contributed by atoms with van der Waals surface area (Å²) < 4.78 is 10.5. The predicted octanol–water partition coefficient (Wildman–Crippen LogP) is 2.10. The van der Waals surface area contributed by atoms with Gasteiger partial charge in [0.05, 0.1) is 0 Å². The molecule has 4 nitrogen and oxygen atoms in total. The highest BCUT2D eigenvalue weighted by Gasteiger charge is 2.18. The van der Waals surface area contributed by atoms with Crippen molar-refractivity contribution in [1.29, 1.82) is 0 Å². The topological polar surface area (TPSA) is 55.8 Å². The fourth-order valence-electron chi connectivity index (χ4n) is 1.38. The van der Waals surface area contributed by atoms with Crippen molar-refractivity contribution in [2.75, 3.05) is 13.2 Å². The average Bonchev–Trinajstić information content (AvgIpc) is 2.61. The van der Waals surface area contributed by atoms with Crippen LogP contribution in [0.25, 0.3) is 5.76 Å². The zero-order chi connectivity index (χ0) is 10.8. The Morgan fingerprint density at radius 2 is 2.33 bits per heavy atom. The lowest BCUT2D eigenvalue weighted by atomic mass is 10.1. The van der Waals surface area contributed by atoms with Crippen molar-refractivity contribution < 1.29 is 19.4 Å². The normalized spacial score (nSPS) is 15.1. The molecule has 1 aromatic heterocycles. The SMILES string of the molecule is Cc1c(C2=COCCO2)csc1C(=O)O. The Balaban J connectivity index is 2.36. The van der Waals surface area contributed by atoms with Crippen LogP contribution in [-0.4, -0.2) is 24.3 Å². The van der Waals surface area contributed by atoms with E-state index in [-0.39, 0.29) is 0 Å². The van der Waals surface area contributed by atoms with Gasteiger partial charge in [-0.2, -0.15) is 0 Å². The fourth-order valence-corrected chi connectivity index (χ4v) is 2.30. The van der Waals surface area contributed by atoms with Crippen LogP contribution in [0.2, 0.25) is 0 Å². The standard InChI is InChI=1S/C10H10O4S/c1-6-7(5-15-9(6)10(11)12)8-4-13-2-3-14-8/h4-5H,2-3H2,1H3,(H,11,12). The molecule has 0 saturated carbocycles. The van der Waals surface area contributed by atoms with E-state index in [0.29, 0.717) is 23.9 Å². The summed E-state index contributed by atoms with van der Waals surface area (Å²) in [4.78, 5) is 11.2. The molecule has 1 aromatic rings. The first kappa shape index (κ1) is 10.0. The van der Waals surface area contributed by atoms with E-state index in [4.69, 9.17) is 14.6 Å². The summed E-state index contributed by atoms with van der Waals surface area (Å²) in [6, 6.07) is 0. The van der Waals surface area contributed by atoms with Crippen molar-refractivity contribution in [1.82, 2.24) is 0 Å². The van der Waals surface area contributed by atoms with Crippen molar-refractivity contribution >= 4 is 23.1 Å². The lowest BCUT2D eigenvalue weighted by Crippen LogP contribution is -2.07. The van der Waals surface area contributed by atoms with Crippen molar-refractivity contribution in [3.63, 3.8) is 0 Å². The molecule has 0 aliphatic carbocycles. The van der Waals surface area contributed by atoms with Gasteiger partial charge in [0.15, 0.2) is 5.76 Å². The zero-order valence-electron chi connectivity index (χ0n) is 8.15. The smallest absolute Gasteiger partial charge is 0.346 e. The molecule has 0 fully saturated rings. The molecule has 0 spiro atoms. The van der Waals surface area contributed by atoms with E-state index >= 15 is 0 Å². The summed E-state index contributed by atoms with van der Waals surface area (Å²) in [7, 11) is 0. The lowest BCUT2D eigenvalue weighted by Gasteiger charge is -2.15. The molecular formula is C10H10O4S. The second-order valence-corrected chi connectivity index (χ2v) is 3.99. The summed E-state index contributed by atoms with van der Waals surface area (Å²) in [5.74, 6) is -0.288. The van der Waals surface area contributed by atoms with Crippen LogP contribution < -0.4 is 0 Å². The third kappa shape index (κ3) is 1.83. The van der Waals surface area contributed by atoms with Gasteiger partial charge in [0, 0.05) is 10.9 Å². The molecule has 15 heavy (non-hydrogen) atoms. The Morgan fingerprint density at radius 3 is 2.87 bits per heavy atom. The van der Waals surface area contributed by atoms with E-state index in [1.165, 1.54) is 17.6 Å². The summed E-state index contributed by atoms with van der Waals surface area (Å²) >= 11 is 1.20. The minimum absolute atomic E-state index is 0.347. The molecule has 2 rings (SSSR count). The van der Waals surface area contributed by atoms with Gasteiger partial charge in [0.1, 0.15) is 24.4 Å². The Morgan fingerprint density at radius 1 is 1.53 bits per heavy atom. The van der Waals surface area contributed by atoms with Crippen molar-refractivity contribution in [2.45, 2.75) is 6.92 Å². The van der Waals surface area contributed by atoms with E-state index in [9.17, 15) is 4.79 Å². The molecule has 0 unspecified atom stereocenters. The van der Waals surface area contributed by atoms with Gasteiger partial charge in [-0.15, -0.1) is 11.3 Å². The van der Waals surface area contributed by atoms with Gasteiger partial charge in [0.2, 0.25) is 0 Å². The number of ether oxygens (including phenoxy) is 2.